The van der Waals surface area contributed by atoms with Crippen LogP contribution in [0.1, 0.15) is 24.7 Å². The zero-order valence-corrected chi connectivity index (χ0v) is 10.4. The second kappa shape index (κ2) is 4.95. The average molecular weight is 231 g/mol. The van der Waals surface area contributed by atoms with Gasteiger partial charge in [0.1, 0.15) is 0 Å². The second-order valence-corrected chi connectivity index (χ2v) is 4.00. The molecular formula is C12H17N5. The lowest BCUT2D eigenvalue weighted by molar-refractivity contribution is 0.799. The van der Waals surface area contributed by atoms with Crippen LogP contribution in [-0.2, 0) is 0 Å². The monoisotopic (exact) mass is 231 g/mol. The normalized spacial score (nSPS) is 10.5. The minimum absolute atomic E-state index is 0.650. The number of nitrogens with one attached hydrogen (secondary N) is 1. The van der Waals surface area contributed by atoms with Gasteiger partial charge in [-0.2, -0.15) is 10.1 Å². The Kier molecular flexibility index (Phi) is 3.37. The van der Waals surface area contributed by atoms with E-state index in [1.165, 1.54) is 0 Å². The largest absolute Gasteiger partial charge is 0.354 e. The molecule has 0 unspecified atom stereocenters. The maximum Gasteiger partial charge on any atom is 0.224 e. The van der Waals surface area contributed by atoms with Gasteiger partial charge in [0.25, 0.3) is 0 Å². The van der Waals surface area contributed by atoms with Crippen molar-refractivity contribution in [1.29, 1.82) is 0 Å². The van der Waals surface area contributed by atoms with E-state index in [4.69, 9.17) is 0 Å². The molecule has 0 aliphatic carbocycles. The van der Waals surface area contributed by atoms with Crippen molar-refractivity contribution in [3.8, 4) is 5.82 Å². The van der Waals surface area contributed by atoms with Crippen molar-refractivity contribution >= 4 is 5.95 Å². The molecular weight excluding hydrogens is 214 g/mol. The van der Waals surface area contributed by atoms with Gasteiger partial charge in [0.05, 0.1) is 5.69 Å². The number of anilines is 1. The van der Waals surface area contributed by atoms with Gasteiger partial charge in [-0.25, -0.2) is 9.67 Å². The number of hydrogen-bond acceptors (Lipinski definition) is 4. The maximum atomic E-state index is 4.43. The molecule has 1 N–H and O–H groups in total. The summed E-state index contributed by atoms with van der Waals surface area (Å²) in [6.07, 6.45) is 2.80. The van der Waals surface area contributed by atoms with E-state index in [0.717, 1.165) is 30.2 Å². The van der Waals surface area contributed by atoms with Gasteiger partial charge in [0, 0.05) is 24.5 Å². The second-order valence-electron chi connectivity index (χ2n) is 4.00. The molecule has 2 heterocycles. The average Bonchev–Trinajstić information content (AvgIpc) is 2.66. The van der Waals surface area contributed by atoms with E-state index < -0.39 is 0 Å². The smallest absolute Gasteiger partial charge is 0.224 e. The summed E-state index contributed by atoms with van der Waals surface area (Å²) in [7, 11) is 0. The molecule has 0 bridgehead atoms. The first-order valence-corrected chi connectivity index (χ1v) is 5.81. The highest BCUT2D eigenvalue weighted by atomic mass is 15.3. The van der Waals surface area contributed by atoms with E-state index in [-0.39, 0.29) is 0 Å². The number of hydrogen-bond donors (Lipinski definition) is 1. The first-order valence-electron chi connectivity index (χ1n) is 5.81. The Morgan fingerprint density at radius 2 is 2.18 bits per heavy atom. The molecule has 0 aromatic carbocycles. The molecule has 0 amide bonds. The third-order valence-electron chi connectivity index (χ3n) is 2.40. The van der Waals surface area contributed by atoms with Gasteiger partial charge in [0.2, 0.25) is 5.95 Å². The highest BCUT2D eigenvalue weighted by Crippen LogP contribution is 2.10. The van der Waals surface area contributed by atoms with Crippen LogP contribution in [0.15, 0.2) is 18.3 Å². The topological polar surface area (TPSA) is 55.6 Å². The van der Waals surface area contributed by atoms with E-state index in [2.05, 4.69) is 27.3 Å². The summed E-state index contributed by atoms with van der Waals surface area (Å²) >= 11 is 0. The van der Waals surface area contributed by atoms with Crippen LogP contribution in [0.25, 0.3) is 5.82 Å². The standard InChI is InChI=1S/C12H17N5/c1-4-6-13-12-14-7-5-11(15-12)17-10(3)8-9(2)16-17/h5,7-8H,4,6H2,1-3H3,(H,13,14,15). The van der Waals surface area contributed by atoms with Crippen molar-refractivity contribution in [2.45, 2.75) is 27.2 Å². The minimum Gasteiger partial charge on any atom is -0.354 e. The number of rotatable bonds is 4. The van der Waals surface area contributed by atoms with E-state index in [1.807, 2.05) is 30.7 Å². The maximum absolute atomic E-state index is 4.43. The number of aromatic nitrogens is 4. The van der Waals surface area contributed by atoms with Crippen molar-refractivity contribution in [2.24, 2.45) is 0 Å². The Labute approximate surface area is 101 Å². The predicted molar refractivity (Wildman–Crippen MR) is 67.4 cm³/mol. The Morgan fingerprint density at radius 1 is 1.35 bits per heavy atom. The third kappa shape index (κ3) is 2.61. The first-order chi connectivity index (χ1) is 8.20. The molecule has 5 heteroatoms. The Hall–Kier alpha value is -1.91. The summed E-state index contributed by atoms with van der Waals surface area (Å²) < 4.78 is 1.83. The lowest BCUT2D eigenvalue weighted by Crippen LogP contribution is -2.08. The quantitative estimate of drug-likeness (QED) is 0.875. The van der Waals surface area contributed by atoms with Crippen LogP contribution in [-0.4, -0.2) is 26.3 Å². The summed E-state index contributed by atoms with van der Waals surface area (Å²) in [5.74, 6) is 1.45. The van der Waals surface area contributed by atoms with E-state index in [1.54, 1.807) is 6.20 Å². The van der Waals surface area contributed by atoms with Gasteiger partial charge < -0.3 is 5.32 Å². The van der Waals surface area contributed by atoms with Gasteiger partial charge in [-0.1, -0.05) is 6.92 Å². The molecule has 0 saturated carbocycles. The molecule has 17 heavy (non-hydrogen) atoms. The van der Waals surface area contributed by atoms with Crippen LogP contribution in [0.3, 0.4) is 0 Å². The van der Waals surface area contributed by atoms with Crippen LogP contribution in [0, 0.1) is 13.8 Å². The van der Waals surface area contributed by atoms with E-state index in [0.29, 0.717) is 5.95 Å². The highest BCUT2D eigenvalue weighted by Gasteiger charge is 2.05. The van der Waals surface area contributed by atoms with Crippen LogP contribution < -0.4 is 5.32 Å². The predicted octanol–water partition coefficient (Wildman–Crippen LogP) is 2.10. The molecule has 0 atom stereocenters. The Balaban J connectivity index is 2.29. The number of nitrogens with zero attached hydrogens (tertiary/aromatic N) is 4. The Morgan fingerprint density at radius 3 is 2.82 bits per heavy atom. The van der Waals surface area contributed by atoms with Gasteiger partial charge in [0.15, 0.2) is 5.82 Å². The Bertz CT molecular complexity index is 503. The van der Waals surface area contributed by atoms with Crippen molar-refractivity contribution in [2.75, 3.05) is 11.9 Å². The fourth-order valence-corrected chi connectivity index (χ4v) is 1.65. The summed E-state index contributed by atoms with van der Waals surface area (Å²) in [5.41, 5.74) is 2.06. The molecule has 0 aliphatic heterocycles. The summed E-state index contributed by atoms with van der Waals surface area (Å²) in [6, 6.07) is 3.89. The highest BCUT2D eigenvalue weighted by molar-refractivity contribution is 5.32. The first kappa shape index (κ1) is 11.6. The lowest BCUT2D eigenvalue weighted by Gasteiger charge is -2.06. The zero-order chi connectivity index (χ0) is 12.3. The van der Waals surface area contributed by atoms with Crippen LogP contribution in [0.2, 0.25) is 0 Å². The molecule has 0 aliphatic rings. The van der Waals surface area contributed by atoms with Crippen LogP contribution in [0.4, 0.5) is 5.95 Å². The van der Waals surface area contributed by atoms with Gasteiger partial charge in [-0.05, 0) is 26.3 Å². The molecule has 0 radical (unpaired) electrons. The van der Waals surface area contributed by atoms with Crippen molar-refractivity contribution in [1.82, 2.24) is 19.7 Å². The third-order valence-corrected chi connectivity index (χ3v) is 2.40. The van der Waals surface area contributed by atoms with Crippen molar-refractivity contribution in [3.63, 3.8) is 0 Å². The van der Waals surface area contributed by atoms with Crippen LogP contribution >= 0.6 is 0 Å². The zero-order valence-electron chi connectivity index (χ0n) is 10.4. The fourth-order valence-electron chi connectivity index (χ4n) is 1.65. The molecule has 2 aromatic rings. The van der Waals surface area contributed by atoms with Gasteiger partial charge in [-0.15, -0.1) is 0 Å². The summed E-state index contributed by atoms with van der Waals surface area (Å²) in [5, 5.41) is 7.57. The van der Waals surface area contributed by atoms with Crippen LogP contribution in [0.5, 0.6) is 0 Å². The lowest BCUT2D eigenvalue weighted by atomic mass is 10.4. The SMILES string of the molecule is CCCNc1nccc(-n2nc(C)cc2C)n1. The fraction of sp³-hybridized carbons (Fsp3) is 0.417. The van der Waals surface area contributed by atoms with E-state index >= 15 is 0 Å². The molecule has 0 fully saturated rings. The summed E-state index contributed by atoms with van der Waals surface area (Å²) in [6.45, 7) is 6.97. The summed E-state index contributed by atoms with van der Waals surface area (Å²) in [4.78, 5) is 8.61. The van der Waals surface area contributed by atoms with Crippen molar-refractivity contribution < 1.29 is 0 Å². The molecule has 5 nitrogen and oxygen atoms in total. The molecule has 0 spiro atoms. The molecule has 90 valence electrons. The molecule has 2 aromatic heterocycles. The minimum atomic E-state index is 0.650. The van der Waals surface area contributed by atoms with E-state index in [9.17, 15) is 0 Å². The molecule has 0 saturated heterocycles. The molecule has 2 rings (SSSR count). The van der Waals surface area contributed by atoms with Gasteiger partial charge >= 0.3 is 0 Å². The van der Waals surface area contributed by atoms with Crippen molar-refractivity contribution in [3.05, 3.63) is 29.7 Å². The van der Waals surface area contributed by atoms with Gasteiger partial charge in [-0.3, -0.25) is 0 Å². The number of aryl methyl sites for hydroxylation is 2.